The SMILES string of the molecule is c1ccc2cc(-c3ccc4c(c3)nc(-c3ccc5ccccc5c3)n3c5ccc(-c6ccc7ccccc7c6)cc5nc43)ccc2c1. The third kappa shape index (κ3) is 4.21. The molecule has 2 heterocycles. The van der Waals surface area contributed by atoms with Crippen molar-refractivity contribution in [2.75, 3.05) is 0 Å². The highest BCUT2D eigenvalue weighted by Gasteiger charge is 2.17. The predicted molar refractivity (Wildman–Crippen MR) is 197 cm³/mol. The molecule has 3 nitrogen and oxygen atoms in total. The Balaban J connectivity index is 1.22. The molecule has 218 valence electrons. The Bertz CT molecular complexity index is 2860. The predicted octanol–water partition coefficient (Wildman–Crippen LogP) is 11.5. The molecule has 0 atom stereocenters. The molecule has 0 bridgehead atoms. The molecule has 0 unspecified atom stereocenters. The highest BCUT2D eigenvalue weighted by Crippen LogP contribution is 2.35. The summed E-state index contributed by atoms with van der Waals surface area (Å²) in [4.78, 5) is 10.7. The van der Waals surface area contributed by atoms with Crippen LogP contribution in [0.25, 0.3) is 93.5 Å². The van der Waals surface area contributed by atoms with E-state index in [1.807, 2.05) is 0 Å². The fourth-order valence-electron chi connectivity index (χ4n) is 7.07. The Morgan fingerprint density at radius 1 is 0.340 bits per heavy atom. The second-order valence-electron chi connectivity index (χ2n) is 12.3. The quantitative estimate of drug-likeness (QED) is 0.203. The van der Waals surface area contributed by atoms with Crippen molar-refractivity contribution in [3.8, 4) is 33.6 Å². The Kier molecular flexibility index (Phi) is 5.57. The summed E-state index contributed by atoms with van der Waals surface area (Å²) >= 11 is 0. The molecule has 8 aromatic carbocycles. The van der Waals surface area contributed by atoms with Crippen LogP contribution in [0.1, 0.15) is 0 Å². The van der Waals surface area contributed by atoms with Crippen molar-refractivity contribution in [2.24, 2.45) is 0 Å². The summed E-state index contributed by atoms with van der Waals surface area (Å²) in [6, 6.07) is 58.6. The van der Waals surface area contributed by atoms with E-state index in [2.05, 4.69) is 168 Å². The number of rotatable bonds is 3. The number of aromatic nitrogens is 3. The summed E-state index contributed by atoms with van der Waals surface area (Å²) in [5.74, 6) is 0.884. The molecule has 47 heavy (non-hydrogen) atoms. The van der Waals surface area contributed by atoms with E-state index in [1.165, 1.54) is 43.4 Å². The molecule has 0 saturated heterocycles. The highest BCUT2D eigenvalue weighted by atomic mass is 15.1. The lowest BCUT2D eigenvalue weighted by atomic mass is 10.00. The zero-order valence-electron chi connectivity index (χ0n) is 25.4. The highest BCUT2D eigenvalue weighted by molar-refractivity contribution is 6.02. The van der Waals surface area contributed by atoms with E-state index in [-0.39, 0.29) is 0 Å². The lowest BCUT2D eigenvalue weighted by Crippen LogP contribution is -1.98. The van der Waals surface area contributed by atoms with Crippen LogP contribution < -0.4 is 0 Å². The molecule has 0 radical (unpaired) electrons. The van der Waals surface area contributed by atoms with E-state index in [1.54, 1.807) is 0 Å². The van der Waals surface area contributed by atoms with Crippen molar-refractivity contribution >= 4 is 59.9 Å². The molecule has 0 aliphatic rings. The molecule has 0 saturated carbocycles. The maximum atomic E-state index is 5.39. The molecule has 0 aliphatic carbocycles. The molecule has 0 amide bonds. The van der Waals surface area contributed by atoms with Gasteiger partial charge in [-0.25, -0.2) is 9.97 Å². The fourth-order valence-corrected chi connectivity index (χ4v) is 7.07. The second-order valence-corrected chi connectivity index (χ2v) is 12.3. The summed E-state index contributed by atoms with van der Waals surface area (Å²) in [6.07, 6.45) is 0. The van der Waals surface area contributed by atoms with Gasteiger partial charge in [-0.1, -0.05) is 121 Å². The maximum absolute atomic E-state index is 5.39. The molecule has 0 spiro atoms. The number of fused-ring (bicyclic) bond motifs is 8. The van der Waals surface area contributed by atoms with Crippen LogP contribution in [0.2, 0.25) is 0 Å². The van der Waals surface area contributed by atoms with Crippen LogP contribution in [0.5, 0.6) is 0 Å². The Labute approximate surface area is 271 Å². The third-order valence-electron chi connectivity index (χ3n) is 9.50. The first-order chi connectivity index (χ1) is 23.2. The first-order valence-electron chi connectivity index (χ1n) is 16.0. The summed E-state index contributed by atoms with van der Waals surface area (Å²) in [6.45, 7) is 0. The van der Waals surface area contributed by atoms with Gasteiger partial charge in [-0.3, -0.25) is 4.40 Å². The van der Waals surface area contributed by atoms with Gasteiger partial charge in [-0.05, 0) is 97.0 Å². The van der Waals surface area contributed by atoms with Gasteiger partial charge in [0.25, 0.3) is 0 Å². The van der Waals surface area contributed by atoms with Gasteiger partial charge in [-0.2, -0.15) is 0 Å². The number of imidazole rings is 1. The van der Waals surface area contributed by atoms with Crippen LogP contribution in [0.4, 0.5) is 0 Å². The van der Waals surface area contributed by atoms with E-state index < -0.39 is 0 Å². The van der Waals surface area contributed by atoms with Crippen LogP contribution in [-0.2, 0) is 0 Å². The van der Waals surface area contributed by atoms with Gasteiger partial charge in [0, 0.05) is 10.9 Å². The van der Waals surface area contributed by atoms with Crippen LogP contribution in [-0.4, -0.2) is 14.4 Å². The van der Waals surface area contributed by atoms with Crippen LogP contribution >= 0.6 is 0 Å². The molecule has 0 aliphatic heterocycles. The second kappa shape index (κ2) is 10.1. The van der Waals surface area contributed by atoms with Gasteiger partial charge in [-0.15, -0.1) is 0 Å². The first-order valence-corrected chi connectivity index (χ1v) is 16.0. The fraction of sp³-hybridized carbons (Fsp3) is 0. The molecule has 0 N–H and O–H groups in total. The zero-order chi connectivity index (χ0) is 30.9. The van der Waals surface area contributed by atoms with Crippen LogP contribution in [0.15, 0.2) is 164 Å². The van der Waals surface area contributed by atoms with E-state index in [9.17, 15) is 0 Å². The van der Waals surface area contributed by atoms with Crippen molar-refractivity contribution < 1.29 is 0 Å². The number of hydrogen-bond acceptors (Lipinski definition) is 2. The minimum atomic E-state index is 0.884. The van der Waals surface area contributed by atoms with Crippen molar-refractivity contribution in [1.82, 2.24) is 14.4 Å². The first kappa shape index (κ1) is 26.0. The van der Waals surface area contributed by atoms with E-state index in [0.29, 0.717) is 0 Å². The smallest absolute Gasteiger partial charge is 0.149 e. The van der Waals surface area contributed by atoms with Gasteiger partial charge in [0.2, 0.25) is 0 Å². The lowest BCUT2D eigenvalue weighted by Gasteiger charge is -2.12. The van der Waals surface area contributed by atoms with Crippen molar-refractivity contribution in [3.63, 3.8) is 0 Å². The number of benzene rings is 8. The maximum Gasteiger partial charge on any atom is 0.149 e. The Hall–Kier alpha value is -6.32. The Morgan fingerprint density at radius 2 is 0.787 bits per heavy atom. The molecule has 3 heteroatoms. The minimum Gasteiger partial charge on any atom is -0.276 e. The Morgan fingerprint density at radius 3 is 1.38 bits per heavy atom. The van der Waals surface area contributed by atoms with Crippen LogP contribution in [0.3, 0.4) is 0 Å². The average Bonchev–Trinajstić information content (AvgIpc) is 3.53. The molecular weight excluding hydrogens is 571 g/mol. The van der Waals surface area contributed by atoms with E-state index in [4.69, 9.17) is 9.97 Å². The molecule has 2 aromatic heterocycles. The summed E-state index contributed by atoms with van der Waals surface area (Å²) in [5.41, 5.74) is 9.53. The van der Waals surface area contributed by atoms with Gasteiger partial charge < -0.3 is 0 Å². The largest absolute Gasteiger partial charge is 0.276 e. The normalized spacial score (nSPS) is 11.8. The monoisotopic (exact) mass is 597 g/mol. The topological polar surface area (TPSA) is 30.2 Å². The lowest BCUT2D eigenvalue weighted by molar-refractivity contribution is 1.16. The van der Waals surface area contributed by atoms with E-state index in [0.717, 1.165) is 50.1 Å². The third-order valence-corrected chi connectivity index (χ3v) is 9.50. The van der Waals surface area contributed by atoms with Gasteiger partial charge in [0.05, 0.1) is 16.6 Å². The van der Waals surface area contributed by atoms with Crippen molar-refractivity contribution in [3.05, 3.63) is 164 Å². The minimum absolute atomic E-state index is 0.884. The van der Waals surface area contributed by atoms with Crippen molar-refractivity contribution in [1.29, 1.82) is 0 Å². The molecule has 10 aromatic rings. The molecule has 0 fully saturated rings. The number of nitrogens with zero attached hydrogens (tertiary/aromatic N) is 3. The summed E-state index contributed by atoms with van der Waals surface area (Å²) in [5, 5.41) is 8.37. The number of hydrogen-bond donors (Lipinski definition) is 0. The van der Waals surface area contributed by atoms with Gasteiger partial charge >= 0.3 is 0 Å². The molecular formula is C44H27N3. The standard InChI is InChI=1S/C44H27N3/c1-4-10-31-23-34(16-13-28(31)7-1)36-19-21-39-40(26-36)45-43(38-18-15-30-9-3-6-12-33(30)25-38)47-42-22-20-37(27-41(42)46-44(39)47)35-17-14-29-8-2-5-11-32(29)24-35/h1-27H. The molecule has 10 rings (SSSR count). The van der Waals surface area contributed by atoms with Crippen LogP contribution in [0, 0.1) is 0 Å². The summed E-state index contributed by atoms with van der Waals surface area (Å²) in [7, 11) is 0. The van der Waals surface area contributed by atoms with E-state index >= 15 is 0 Å². The zero-order valence-corrected chi connectivity index (χ0v) is 25.4. The average molecular weight is 598 g/mol. The van der Waals surface area contributed by atoms with Gasteiger partial charge in [0.1, 0.15) is 11.5 Å². The van der Waals surface area contributed by atoms with Crippen molar-refractivity contribution in [2.45, 2.75) is 0 Å². The summed E-state index contributed by atoms with van der Waals surface area (Å²) < 4.78 is 2.24. The van der Waals surface area contributed by atoms with Gasteiger partial charge in [0.15, 0.2) is 0 Å².